The first-order chi connectivity index (χ1) is 8.97. The molecule has 0 aliphatic carbocycles. The van der Waals surface area contributed by atoms with Gasteiger partial charge in [0, 0.05) is 6.54 Å². The molecule has 1 aromatic rings. The molecule has 7 heteroatoms. The molecule has 0 bridgehead atoms. The Bertz CT molecular complexity index is 611. The van der Waals surface area contributed by atoms with Crippen LogP contribution in [0, 0.1) is 0 Å². The first kappa shape index (κ1) is 13.7. The molecule has 0 radical (unpaired) electrons. The molecule has 19 heavy (non-hydrogen) atoms. The highest BCUT2D eigenvalue weighted by Crippen LogP contribution is 2.34. The summed E-state index contributed by atoms with van der Waals surface area (Å²) in [5.74, 6) is -0.605. The summed E-state index contributed by atoms with van der Waals surface area (Å²) in [4.78, 5) is 11.5. The van der Waals surface area contributed by atoms with Gasteiger partial charge in [-0.3, -0.25) is 4.79 Å². The van der Waals surface area contributed by atoms with Gasteiger partial charge >= 0.3 is 0 Å². The summed E-state index contributed by atoms with van der Waals surface area (Å²) in [6.07, 6.45) is 3.04. The first-order valence-corrected chi connectivity index (χ1v) is 7.69. The van der Waals surface area contributed by atoms with Crippen molar-refractivity contribution in [2.45, 2.75) is 31.1 Å². The van der Waals surface area contributed by atoms with E-state index in [1.54, 1.807) is 6.07 Å². The average molecular weight is 283 g/mol. The Hall–Kier alpha value is -1.76. The van der Waals surface area contributed by atoms with Crippen LogP contribution in [-0.4, -0.2) is 20.9 Å². The molecule has 6 nitrogen and oxygen atoms in total. The first-order valence-electron chi connectivity index (χ1n) is 6.21. The van der Waals surface area contributed by atoms with Crippen LogP contribution in [0.3, 0.4) is 0 Å². The number of nitrogen functional groups attached to an aromatic ring is 1. The van der Waals surface area contributed by atoms with Gasteiger partial charge in [0.25, 0.3) is 15.9 Å². The minimum absolute atomic E-state index is 0.0333. The lowest BCUT2D eigenvalue weighted by Crippen LogP contribution is -2.21. The molecule has 0 saturated carbocycles. The highest BCUT2D eigenvalue weighted by atomic mass is 32.2. The average Bonchev–Trinajstić information content (AvgIpc) is 2.57. The van der Waals surface area contributed by atoms with Crippen molar-refractivity contribution in [3.05, 3.63) is 17.7 Å². The van der Waals surface area contributed by atoms with Crippen LogP contribution in [0.1, 0.15) is 36.5 Å². The molecule has 0 aromatic heterocycles. The van der Waals surface area contributed by atoms with E-state index in [9.17, 15) is 13.2 Å². The van der Waals surface area contributed by atoms with Gasteiger partial charge in [-0.1, -0.05) is 19.8 Å². The Morgan fingerprint density at radius 1 is 1.32 bits per heavy atom. The van der Waals surface area contributed by atoms with E-state index in [-0.39, 0.29) is 10.5 Å². The molecule has 0 atom stereocenters. The van der Waals surface area contributed by atoms with Crippen molar-refractivity contribution in [1.82, 2.24) is 4.72 Å². The van der Waals surface area contributed by atoms with Crippen LogP contribution in [0.2, 0.25) is 0 Å². The highest BCUT2D eigenvalue weighted by Gasteiger charge is 2.35. The van der Waals surface area contributed by atoms with Crippen LogP contribution >= 0.6 is 0 Å². The number of rotatable bonds is 5. The third-order valence-electron chi connectivity index (χ3n) is 3.01. The second-order valence-electron chi connectivity index (χ2n) is 4.47. The predicted molar refractivity (Wildman–Crippen MR) is 73.5 cm³/mol. The lowest BCUT2D eigenvalue weighted by molar-refractivity contribution is 0.0985. The standard InChI is InChI=1S/C12H17N3O3S/c1-2-3-4-7-14-10-9(13)6-5-8-11(10)19(17,18)15-12(8)16/h5-6,14H,2-4,7,13H2,1H3,(H,15,16). The van der Waals surface area contributed by atoms with E-state index in [2.05, 4.69) is 12.2 Å². The van der Waals surface area contributed by atoms with Gasteiger partial charge in [-0.2, -0.15) is 0 Å². The maximum Gasteiger partial charge on any atom is 0.267 e. The van der Waals surface area contributed by atoms with E-state index in [1.165, 1.54) is 6.07 Å². The van der Waals surface area contributed by atoms with Crippen molar-refractivity contribution in [3.8, 4) is 0 Å². The van der Waals surface area contributed by atoms with Crippen LogP contribution in [0.25, 0.3) is 0 Å². The summed E-state index contributed by atoms with van der Waals surface area (Å²) >= 11 is 0. The van der Waals surface area contributed by atoms with Crippen molar-refractivity contribution in [1.29, 1.82) is 0 Å². The Labute approximate surface area is 112 Å². The molecule has 0 spiro atoms. The fourth-order valence-corrected chi connectivity index (χ4v) is 3.42. The maximum atomic E-state index is 11.9. The number of unbranched alkanes of at least 4 members (excludes halogenated alkanes) is 2. The number of hydrogen-bond acceptors (Lipinski definition) is 5. The summed E-state index contributed by atoms with van der Waals surface area (Å²) in [7, 11) is -3.79. The van der Waals surface area contributed by atoms with Gasteiger partial charge < -0.3 is 11.1 Å². The van der Waals surface area contributed by atoms with E-state index in [0.29, 0.717) is 17.9 Å². The molecule has 0 unspecified atom stereocenters. The Morgan fingerprint density at radius 2 is 2.05 bits per heavy atom. The highest BCUT2D eigenvalue weighted by molar-refractivity contribution is 7.90. The van der Waals surface area contributed by atoms with E-state index in [4.69, 9.17) is 5.73 Å². The van der Waals surface area contributed by atoms with Crippen molar-refractivity contribution in [2.75, 3.05) is 17.6 Å². The van der Waals surface area contributed by atoms with Gasteiger partial charge in [0.05, 0.1) is 16.9 Å². The molecule has 0 saturated heterocycles. The zero-order chi connectivity index (χ0) is 14.0. The van der Waals surface area contributed by atoms with Crippen LogP contribution in [0.5, 0.6) is 0 Å². The van der Waals surface area contributed by atoms with Crippen LogP contribution < -0.4 is 15.8 Å². The summed E-state index contributed by atoms with van der Waals surface area (Å²) in [6.45, 7) is 2.71. The van der Waals surface area contributed by atoms with Crippen LogP contribution in [0.4, 0.5) is 11.4 Å². The van der Waals surface area contributed by atoms with Crippen molar-refractivity contribution in [2.24, 2.45) is 0 Å². The quantitative estimate of drug-likeness (QED) is 0.558. The fourth-order valence-electron chi connectivity index (χ4n) is 2.05. The SMILES string of the molecule is CCCCCNc1c(N)ccc2c1S(=O)(=O)NC2=O. The summed E-state index contributed by atoms with van der Waals surface area (Å²) in [5, 5.41) is 3.03. The van der Waals surface area contributed by atoms with Crippen LogP contribution in [0.15, 0.2) is 17.0 Å². The number of anilines is 2. The number of nitrogens with two attached hydrogens (primary N) is 1. The molecular weight excluding hydrogens is 266 g/mol. The number of sulfonamides is 1. The number of benzene rings is 1. The zero-order valence-electron chi connectivity index (χ0n) is 10.7. The molecule has 1 aliphatic rings. The fraction of sp³-hybridized carbons (Fsp3) is 0.417. The van der Waals surface area contributed by atoms with Gasteiger partial charge in [-0.15, -0.1) is 0 Å². The summed E-state index contributed by atoms with van der Waals surface area (Å²) < 4.78 is 25.8. The monoisotopic (exact) mass is 283 g/mol. The summed E-state index contributed by atoms with van der Waals surface area (Å²) in [5.41, 5.74) is 6.61. The minimum atomic E-state index is -3.79. The topological polar surface area (TPSA) is 101 Å². The molecule has 1 amide bonds. The Morgan fingerprint density at radius 3 is 2.74 bits per heavy atom. The normalized spacial score (nSPS) is 15.9. The third-order valence-corrected chi connectivity index (χ3v) is 4.43. The number of carbonyl (C=O) groups is 1. The largest absolute Gasteiger partial charge is 0.397 e. The van der Waals surface area contributed by atoms with Gasteiger partial charge in [-0.25, -0.2) is 13.1 Å². The molecule has 2 rings (SSSR count). The molecule has 4 N–H and O–H groups in total. The predicted octanol–water partition coefficient (Wildman–Crippen LogP) is 1.30. The van der Waals surface area contributed by atoms with E-state index in [1.807, 2.05) is 4.72 Å². The van der Waals surface area contributed by atoms with Gasteiger partial charge in [0.1, 0.15) is 4.90 Å². The Kier molecular flexibility index (Phi) is 3.66. The molecule has 1 aromatic carbocycles. The molecular formula is C12H17N3O3S. The van der Waals surface area contributed by atoms with E-state index in [0.717, 1.165) is 19.3 Å². The number of nitrogens with one attached hydrogen (secondary N) is 2. The minimum Gasteiger partial charge on any atom is -0.397 e. The van der Waals surface area contributed by atoms with Crippen molar-refractivity contribution >= 4 is 27.3 Å². The number of amides is 1. The van der Waals surface area contributed by atoms with Gasteiger partial charge in [0.2, 0.25) is 0 Å². The number of carbonyl (C=O) groups excluding carboxylic acids is 1. The van der Waals surface area contributed by atoms with Gasteiger partial charge in [-0.05, 0) is 18.6 Å². The van der Waals surface area contributed by atoms with Crippen LogP contribution in [-0.2, 0) is 10.0 Å². The molecule has 104 valence electrons. The van der Waals surface area contributed by atoms with Crippen molar-refractivity contribution < 1.29 is 13.2 Å². The summed E-state index contributed by atoms with van der Waals surface area (Å²) in [6, 6.07) is 2.98. The lowest BCUT2D eigenvalue weighted by Gasteiger charge is -2.12. The number of fused-ring (bicyclic) bond motifs is 1. The zero-order valence-corrected chi connectivity index (χ0v) is 11.5. The second-order valence-corrected chi connectivity index (χ2v) is 6.09. The molecule has 1 aliphatic heterocycles. The Balaban J connectivity index is 2.36. The molecule has 0 fully saturated rings. The maximum absolute atomic E-state index is 11.9. The second kappa shape index (κ2) is 5.08. The lowest BCUT2D eigenvalue weighted by atomic mass is 10.1. The van der Waals surface area contributed by atoms with Gasteiger partial charge in [0.15, 0.2) is 0 Å². The van der Waals surface area contributed by atoms with E-state index < -0.39 is 15.9 Å². The molecule has 1 heterocycles. The van der Waals surface area contributed by atoms with Crippen molar-refractivity contribution in [3.63, 3.8) is 0 Å². The third kappa shape index (κ3) is 2.51. The number of hydrogen-bond donors (Lipinski definition) is 3. The smallest absolute Gasteiger partial charge is 0.267 e. The van der Waals surface area contributed by atoms with E-state index >= 15 is 0 Å².